The SMILES string of the molecule is COc1ccc(C=O)cc1Oc1nc(Nc2ccccc2)nc(Nc2ccccc2)n1. The summed E-state index contributed by atoms with van der Waals surface area (Å²) in [5.74, 6) is 1.34. The van der Waals surface area contributed by atoms with Crippen molar-refractivity contribution in [1.82, 2.24) is 15.0 Å². The van der Waals surface area contributed by atoms with Crippen molar-refractivity contribution >= 4 is 29.6 Å². The Morgan fingerprint density at radius 2 is 1.32 bits per heavy atom. The first-order valence-electron chi connectivity index (χ1n) is 9.45. The Hall–Kier alpha value is -4.46. The molecule has 0 radical (unpaired) electrons. The van der Waals surface area contributed by atoms with Gasteiger partial charge in [0.2, 0.25) is 11.9 Å². The first-order chi connectivity index (χ1) is 15.2. The third-order valence-corrected chi connectivity index (χ3v) is 4.20. The molecule has 1 aromatic heterocycles. The van der Waals surface area contributed by atoms with Crippen LogP contribution < -0.4 is 20.1 Å². The Morgan fingerprint density at radius 3 is 1.84 bits per heavy atom. The highest BCUT2D eigenvalue weighted by atomic mass is 16.5. The van der Waals surface area contributed by atoms with E-state index in [1.165, 1.54) is 7.11 Å². The summed E-state index contributed by atoms with van der Waals surface area (Å²) in [6.45, 7) is 0. The van der Waals surface area contributed by atoms with E-state index in [-0.39, 0.29) is 6.01 Å². The van der Waals surface area contributed by atoms with E-state index in [0.717, 1.165) is 17.7 Å². The summed E-state index contributed by atoms with van der Waals surface area (Å²) in [5, 5.41) is 6.28. The fraction of sp³-hybridized carbons (Fsp3) is 0.0435. The molecule has 2 N–H and O–H groups in total. The third-order valence-electron chi connectivity index (χ3n) is 4.20. The Bertz CT molecular complexity index is 1110. The smallest absolute Gasteiger partial charge is 0.328 e. The van der Waals surface area contributed by atoms with Gasteiger partial charge in [0.25, 0.3) is 0 Å². The van der Waals surface area contributed by atoms with Gasteiger partial charge in [0.1, 0.15) is 6.29 Å². The number of nitrogens with one attached hydrogen (secondary N) is 2. The quantitative estimate of drug-likeness (QED) is 0.391. The molecule has 154 valence electrons. The lowest BCUT2D eigenvalue weighted by atomic mass is 10.2. The second-order valence-electron chi connectivity index (χ2n) is 6.38. The lowest BCUT2D eigenvalue weighted by Crippen LogP contribution is -2.06. The number of methoxy groups -OCH3 is 1. The van der Waals surface area contributed by atoms with Crippen molar-refractivity contribution in [2.24, 2.45) is 0 Å². The number of nitrogens with zero attached hydrogens (tertiary/aromatic N) is 3. The van der Waals surface area contributed by atoms with Crippen molar-refractivity contribution in [2.75, 3.05) is 17.7 Å². The van der Waals surface area contributed by atoms with Gasteiger partial charge < -0.3 is 20.1 Å². The number of ether oxygens (including phenoxy) is 2. The number of carbonyl (C=O) groups is 1. The normalized spacial score (nSPS) is 10.2. The summed E-state index contributed by atoms with van der Waals surface area (Å²) in [6.07, 6.45) is 0.727. The van der Waals surface area contributed by atoms with E-state index in [1.54, 1.807) is 18.2 Å². The van der Waals surface area contributed by atoms with Crippen LogP contribution >= 0.6 is 0 Å². The number of para-hydroxylation sites is 2. The number of hydrogen-bond donors (Lipinski definition) is 2. The summed E-state index contributed by atoms with van der Waals surface area (Å²) >= 11 is 0. The number of benzene rings is 3. The van der Waals surface area contributed by atoms with Crippen LogP contribution in [0.15, 0.2) is 78.9 Å². The molecule has 8 heteroatoms. The Morgan fingerprint density at radius 1 is 0.742 bits per heavy atom. The molecule has 31 heavy (non-hydrogen) atoms. The van der Waals surface area contributed by atoms with Gasteiger partial charge in [0.05, 0.1) is 7.11 Å². The number of aromatic nitrogens is 3. The van der Waals surface area contributed by atoms with Crippen LogP contribution in [0.3, 0.4) is 0 Å². The van der Waals surface area contributed by atoms with Gasteiger partial charge in [-0.1, -0.05) is 36.4 Å². The van der Waals surface area contributed by atoms with E-state index in [4.69, 9.17) is 9.47 Å². The zero-order valence-electron chi connectivity index (χ0n) is 16.6. The maximum atomic E-state index is 11.2. The largest absolute Gasteiger partial charge is 0.493 e. The van der Waals surface area contributed by atoms with Crippen LogP contribution in [0.1, 0.15) is 10.4 Å². The van der Waals surface area contributed by atoms with E-state index in [0.29, 0.717) is 29.0 Å². The van der Waals surface area contributed by atoms with E-state index in [1.807, 2.05) is 60.7 Å². The average molecular weight is 413 g/mol. The predicted octanol–water partition coefficient (Wildman–Crippen LogP) is 4.97. The standard InChI is InChI=1S/C23H19N5O3/c1-30-19-13-12-16(15-29)14-20(19)31-23-27-21(24-17-8-4-2-5-9-17)26-22(28-23)25-18-10-6-3-7-11-18/h2-15H,1H3,(H2,24,25,26,27,28). The molecule has 4 aromatic rings. The molecule has 0 unspecified atom stereocenters. The summed E-state index contributed by atoms with van der Waals surface area (Å²) in [6, 6.07) is 23.9. The first kappa shape index (κ1) is 19.8. The van der Waals surface area contributed by atoms with E-state index in [9.17, 15) is 4.79 Å². The van der Waals surface area contributed by atoms with Gasteiger partial charge in [-0.25, -0.2) is 0 Å². The molecule has 0 aliphatic carbocycles. The second kappa shape index (κ2) is 9.36. The Kier molecular flexibility index (Phi) is 5.99. The van der Waals surface area contributed by atoms with Gasteiger partial charge in [-0.3, -0.25) is 4.79 Å². The van der Waals surface area contributed by atoms with Gasteiger partial charge >= 0.3 is 6.01 Å². The fourth-order valence-electron chi connectivity index (χ4n) is 2.76. The number of hydrogen-bond acceptors (Lipinski definition) is 8. The van der Waals surface area contributed by atoms with Crippen LogP contribution in [0.5, 0.6) is 17.5 Å². The maximum absolute atomic E-state index is 11.2. The molecular weight excluding hydrogens is 394 g/mol. The number of rotatable bonds is 8. The lowest BCUT2D eigenvalue weighted by molar-refractivity contribution is 0.112. The minimum Gasteiger partial charge on any atom is -0.493 e. The van der Waals surface area contributed by atoms with Crippen molar-refractivity contribution in [3.8, 4) is 17.5 Å². The number of anilines is 4. The van der Waals surface area contributed by atoms with Crippen LogP contribution in [0.4, 0.5) is 23.3 Å². The number of aldehydes is 1. The van der Waals surface area contributed by atoms with Crippen molar-refractivity contribution in [3.05, 3.63) is 84.4 Å². The summed E-state index contributed by atoms with van der Waals surface area (Å²) < 4.78 is 11.2. The van der Waals surface area contributed by atoms with Gasteiger partial charge in [0, 0.05) is 16.9 Å². The molecule has 0 atom stereocenters. The molecular formula is C23H19N5O3. The zero-order chi connectivity index (χ0) is 21.5. The molecule has 0 aliphatic rings. The van der Waals surface area contributed by atoms with Crippen LogP contribution in [-0.2, 0) is 0 Å². The zero-order valence-corrected chi connectivity index (χ0v) is 16.6. The van der Waals surface area contributed by atoms with Gasteiger partial charge in [-0.15, -0.1) is 0 Å². The molecule has 0 amide bonds. The van der Waals surface area contributed by atoms with E-state index >= 15 is 0 Å². The molecule has 0 saturated carbocycles. The molecule has 0 bridgehead atoms. The predicted molar refractivity (Wildman–Crippen MR) is 118 cm³/mol. The molecule has 0 fully saturated rings. The summed E-state index contributed by atoms with van der Waals surface area (Å²) in [5.41, 5.74) is 2.06. The highest BCUT2D eigenvalue weighted by molar-refractivity contribution is 5.76. The Labute approximate surface area is 178 Å². The van der Waals surface area contributed by atoms with Crippen LogP contribution in [0.2, 0.25) is 0 Å². The van der Waals surface area contributed by atoms with Crippen molar-refractivity contribution in [3.63, 3.8) is 0 Å². The van der Waals surface area contributed by atoms with Crippen LogP contribution in [0.25, 0.3) is 0 Å². The van der Waals surface area contributed by atoms with Gasteiger partial charge in [0.15, 0.2) is 11.5 Å². The van der Waals surface area contributed by atoms with Crippen molar-refractivity contribution in [2.45, 2.75) is 0 Å². The molecule has 0 aliphatic heterocycles. The minimum absolute atomic E-state index is 0.0354. The lowest BCUT2D eigenvalue weighted by Gasteiger charge is -2.12. The Balaban J connectivity index is 1.69. The molecule has 0 spiro atoms. The van der Waals surface area contributed by atoms with E-state index < -0.39 is 0 Å². The molecule has 8 nitrogen and oxygen atoms in total. The summed E-state index contributed by atoms with van der Waals surface area (Å²) in [4.78, 5) is 24.3. The minimum atomic E-state index is 0.0354. The van der Waals surface area contributed by atoms with Crippen LogP contribution in [0, 0.1) is 0 Å². The highest BCUT2D eigenvalue weighted by Crippen LogP contribution is 2.31. The first-order valence-corrected chi connectivity index (χ1v) is 9.45. The molecule has 1 heterocycles. The monoisotopic (exact) mass is 413 g/mol. The maximum Gasteiger partial charge on any atom is 0.328 e. The molecule has 4 rings (SSSR count). The van der Waals surface area contributed by atoms with E-state index in [2.05, 4.69) is 25.6 Å². The number of carbonyl (C=O) groups excluding carboxylic acids is 1. The fourth-order valence-corrected chi connectivity index (χ4v) is 2.76. The summed E-state index contributed by atoms with van der Waals surface area (Å²) in [7, 11) is 1.51. The molecule has 3 aromatic carbocycles. The molecule has 0 saturated heterocycles. The second-order valence-corrected chi connectivity index (χ2v) is 6.38. The van der Waals surface area contributed by atoms with Crippen molar-refractivity contribution in [1.29, 1.82) is 0 Å². The average Bonchev–Trinajstić information content (AvgIpc) is 2.80. The highest BCUT2D eigenvalue weighted by Gasteiger charge is 2.13. The van der Waals surface area contributed by atoms with Gasteiger partial charge in [-0.2, -0.15) is 15.0 Å². The topological polar surface area (TPSA) is 98.3 Å². The van der Waals surface area contributed by atoms with Crippen molar-refractivity contribution < 1.29 is 14.3 Å². The third kappa shape index (κ3) is 5.13. The van der Waals surface area contributed by atoms with Gasteiger partial charge in [-0.05, 0) is 42.5 Å². The van der Waals surface area contributed by atoms with Crippen LogP contribution in [-0.4, -0.2) is 28.3 Å².